The van der Waals surface area contributed by atoms with Crippen LogP contribution in [0.2, 0.25) is 0 Å². The van der Waals surface area contributed by atoms with Gasteiger partial charge in [-0.15, -0.1) is 0 Å². The Morgan fingerprint density at radius 1 is 1.06 bits per heavy atom. The molecule has 1 aromatic carbocycles. The highest BCUT2D eigenvalue weighted by Crippen LogP contribution is 2.20. The van der Waals surface area contributed by atoms with Crippen molar-refractivity contribution < 1.29 is 9.59 Å². The Bertz CT molecular complexity index is 319. The second kappa shape index (κ2) is 6.94. The maximum Gasteiger partial charge on any atom is 0.127 e. The highest BCUT2D eigenvalue weighted by molar-refractivity contribution is 5.61. The fourth-order valence-electron chi connectivity index (χ4n) is 1.74. The van der Waals surface area contributed by atoms with E-state index >= 15 is 0 Å². The molecule has 0 bridgehead atoms. The summed E-state index contributed by atoms with van der Waals surface area (Å²) in [5, 5.41) is 0. The van der Waals surface area contributed by atoms with E-state index in [1.54, 1.807) is 0 Å². The Balaban J connectivity index is 2.44. The van der Waals surface area contributed by atoms with E-state index in [1.807, 2.05) is 37.3 Å². The summed E-state index contributed by atoms with van der Waals surface area (Å²) in [6.45, 7) is 1.91. The SMILES string of the molecule is CC(C=O)CCCC(C=O)c1ccccc1. The van der Waals surface area contributed by atoms with Crippen molar-refractivity contribution in [2.75, 3.05) is 0 Å². The number of carbonyl (C=O) groups is 2. The van der Waals surface area contributed by atoms with Gasteiger partial charge in [-0.25, -0.2) is 0 Å². The predicted octanol–water partition coefficient (Wildman–Crippen LogP) is 2.97. The van der Waals surface area contributed by atoms with Crippen LogP contribution < -0.4 is 0 Å². The Morgan fingerprint density at radius 3 is 2.31 bits per heavy atom. The van der Waals surface area contributed by atoms with Crippen LogP contribution in [0.1, 0.15) is 37.7 Å². The normalized spacial score (nSPS) is 14.1. The standard InChI is InChI=1S/C14H18O2/c1-12(10-15)6-5-9-14(11-16)13-7-3-2-4-8-13/h2-4,7-8,10-12,14H,5-6,9H2,1H3. The highest BCUT2D eigenvalue weighted by Gasteiger charge is 2.10. The minimum Gasteiger partial charge on any atom is -0.303 e. The molecule has 0 amide bonds. The average molecular weight is 218 g/mol. The van der Waals surface area contributed by atoms with Gasteiger partial charge in [0.15, 0.2) is 0 Å². The molecule has 0 spiro atoms. The molecule has 0 fully saturated rings. The van der Waals surface area contributed by atoms with Gasteiger partial charge in [-0.05, 0) is 18.4 Å². The molecule has 0 aromatic heterocycles. The number of aldehydes is 2. The van der Waals surface area contributed by atoms with Gasteiger partial charge in [-0.1, -0.05) is 43.7 Å². The highest BCUT2D eigenvalue weighted by atomic mass is 16.1. The minimum atomic E-state index is -0.0277. The topological polar surface area (TPSA) is 34.1 Å². The molecule has 0 radical (unpaired) electrons. The number of rotatable bonds is 7. The van der Waals surface area contributed by atoms with Gasteiger partial charge >= 0.3 is 0 Å². The summed E-state index contributed by atoms with van der Waals surface area (Å²) >= 11 is 0. The average Bonchev–Trinajstić information content (AvgIpc) is 2.35. The first kappa shape index (κ1) is 12.6. The molecule has 0 aliphatic heterocycles. The molecular formula is C14H18O2. The lowest BCUT2D eigenvalue weighted by molar-refractivity contribution is -0.110. The van der Waals surface area contributed by atoms with E-state index in [-0.39, 0.29) is 11.8 Å². The third-order valence-electron chi connectivity index (χ3n) is 2.80. The smallest absolute Gasteiger partial charge is 0.127 e. The summed E-state index contributed by atoms with van der Waals surface area (Å²) in [7, 11) is 0. The molecule has 0 saturated carbocycles. The van der Waals surface area contributed by atoms with Gasteiger partial charge in [0, 0.05) is 11.8 Å². The summed E-state index contributed by atoms with van der Waals surface area (Å²) < 4.78 is 0. The van der Waals surface area contributed by atoms with Gasteiger partial charge in [0.1, 0.15) is 12.6 Å². The lowest BCUT2D eigenvalue weighted by Crippen LogP contribution is -2.02. The summed E-state index contributed by atoms with van der Waals surface area (Å²) in [4.78, 5) is 21.4. The largest absolute Gasteiger partial charge is 0.303 e. The molecule has 2 unspecified atom stereocenters. The van der Waals surface area contributed by atoms with E-state index in [1.165, 1.54) is 0 Å². The Kier molecular flexibility index (Phi) is 5.48. The first-order chi connectivity index (χ1) is 7.77. The number of carbonyl (C=O) groups excluding carboxylic acids is 2. The maximum atomic E-state index is 11.0. The molecule has 0 aliphatic rings. The van der Waals surface area contributed by atoms with Gasteiger partial charge < -0.3 is 9.59 Å². The van der Waals surface area contributed by atoms with Crippen molar-refractivity contribution in [1.29, 1.82) is 0 Å². The molecule has 1 rings (SSSR count). The van der Waals surface area contributed by atoms with Crippen molar-refractivity contribution >= 4 is 12.6 Å². The molecule has 2 heteroatoms. The zero-order valence-corrected chi connectivity index (χ0v) is 9.63. The van der Waals surface area contributed by atoms with Crippen LogP contribution in [0.3, 0.4) is 0 Å². The predicted molar refractivity (Wildman–Crippen MR) is 64.3 cm³/mol. The second-order valence-corrected chi connectivity index (χ2v) is 4.20. The summed E-state index contributed by atoms with van der Waals surface area (Å²) in [6.07, 6.45) is 4.57. The molecule has 0 saturated heterocycles. The van der Waals surface area contributed by atoms with Crippen LogP contribution in [0.4, 0.5) is 0 Å². The van der Waals surface area contributed by atoms with Crippen LogP contribution in [0.15, 0.2) is 30.3 Å². The molecule has 1 aromatic rings. The van der Waals surface area contributed by atoms with E-state index in [4.69, 9.17) is 0 Å². The Morgan fingerprint density at radius 2 is 1.75 bits per heavy atom. The molecule has 0 heterocycles. The number of hydrogen-bond donors (Lipinski definition) is 0. The summed E-state index contributed by atoms with van der Waals surface area (Å²) in [6, 6.07) is 9.78. The van der Waals surface area contributed by atoms with Crippen LogP contribution in [0, 0.1) is 5.92 Å². The van der Waals surface area contributed by atoms with E-state index in [9.17, 15) is 9.59 Å². The van der Waals surface area contributed by atoms with Gasteiger partial charge in [-0.2, -0.15) is 0 Å². The summed E-state index contributed by atoms with van der Waals surface area (Å²) in [5.74, 6) is 0.0723. The first-order valence-electron chi connectivity index (χ1n) is 5.73. The molecular weight excluding hydrogens is 200 g/mol. The third-order valence-corrected chi connectivity index (χ3v) is 2.80. The van der Waals surface area contributed by atoms with E-state index in [0.717, 1.165) is 37.4 Å². The van der Waals surface area contributed by atoms with E-state index < -0.39 is 0 Å². The van der Waals surface area contributed by atoms with E-state index in [2.05, 4.69) is 0 Å². The van der Waals surface area contributed by atoms with Crippen LogP contribution >= 0.6 is 0 Å². The quantitative estimate of drug-likeness (QED) is 0.659. The first-order valence-corrected chi connectivity index (χ1v) is 5.73. The van der Waals surface area contributed by atoms with E-state index in [0.29, 0.717) is 0 Å². The van der Waals surface area contributed by atoms with Gasteiger partial charge in [-0.3, -0.25) is 0 Å². The maximum absolute atomic E-state index is 11.0. The minimum absolute atomic E-state index is 0.0277. The van der Waals surface area contributed by atoms with Crippen molar-refractivity contribution in [3.05, 3.63) is 35.9 Å². The zero-order valence-electron chi connectivity index (χ0n) is 9.63. The monoisotopic (exact) mass is 218 g/mol. The van der Waals surface area contributed by atoms with Crippen molar-refractivity contribution in [1.82, 2.24) is 0 Å². The fraction of sp³-hybridized carbons (Fsp3) is 0.429. The molecule has 0 N–H and O–H groups in total. The van der Waals surface area contributed by atoms with Crippen molar-refractivity contribution in [3.8, 4) is 0 Å². The van der Waals surface area contributed by atoms with Crippen LogP contribution in [-0.4, -0.2) is 12.6 Å². The van der Waals surface area contributed by atoms with Crippen molar-refractivity contribution in [3.63, 3.8) is 0 Å². The van der Waals surface area contributed by atoms with Crippen LogP contribution in [0.25, 0.3) is 0 Å². The summed E-state index contributed by atoms with van der Waals surface area (Å²) in [5.41, 5.74) is 1.07. The molecule has 16 heavy (non-hydrogen) atoms. The number of benzene rings is 1. The molecule has 2 nitrogen and oxygen atoms in total. The molecule has 86 valence electrons. The molecule has 0 aliphatic carbocycles. The third kappa shape index (κ3) is 3.97. The van der Waals surface area contributed by atoms with Gasteiger partial charge in [0.05, 0.1) is 0 Å². The Hall–Kier alpha value is -1.44. The zero-order chi connectivity index (χ0) is 11.8. The van der Waals surface area contributed by atoms with Crippen molar-refractivity contribution in [2.45, 2.75) is 32.1 Å². The lowest BCUT2D eigenvalue weighted by atomic mass is 9.93. The second-order valence-electron chi connectivity index (χ2n) is 4.20. The van der Waals surface area contributed by atoms with Gasteiger partial charge in [0.25, 0.3) is 0 Å². The van der Waals surface area contributed by atoms with Crippen LogP contribution in [-0.2, 0) is 9.59 Å². The Labute approximate surface area is 96.7 Å². The van der Waals surface area contributed by atoms with Crippen LogP contribution in [0.5, 0.6) is 0 Å². The lowest BCUT2D eigenvalue weighted by Gasteiger charge is -2.10. The fourth-order valence-corrected chi connectivity index (χ4v) is 1.74. The van der Waals surface area contributed by atoms with Gasteiger partial charge in [0.2, 0.25) is 0 Å². The molecule has 2 atom stereocenters. The number of hydrogen-bond acceptors (Lipinski definition) is 2. The van der Waals surface area contributed by atoms with Crippen molar-refractivity contribution in [2.24, 2.45) is 5.92 Å².